The summed E-state index contributed by atoms with van der Waals surface area (Å²) in [5.74, 6) is -1.70. The summed E-state index contributed by atoms with van der Waals surface area (Å²) in [6.45, 7) is 3.48. The summed E-state index contributed by atoms with van der Waals surface area (Å²) in [5.41, 5.74) is 7.73. The molecule has 5 nitrogen and oxygen atoms in total. The number of halogens is 4. The first-order valence-electron chi connectivity index (χ1n) is 8.84. The number of nitrogens with one attached hydrogen (secondary N) is 2. The summed E-state index contributed by atoms with van der Waals surface area (Å²) in [7, 11) is 0. The highest BCUT2D eigenvalue weighted by Crippen LogP contribution is 2.30. The number of alkyl halides is 3. The van der Waals surface area contributed by atoms with Gasteiger partial charge >= 0.3 is 6.18 Å². The fraction of sp³-hybridized carbons (Fsp3) is 0.300. The first-order valence-corrected chi connectivity index (χ1v) is 8.84. The standard InChI is InChI=1S/C20H21F3N4O.ClH/c1-11(12(2)24)18(28)27-17(13-6-4-3-5-7-13)14-8-9-15-16(10-14)26-19(25-15)20(21,22)23;/h3-12,17H,24H2,1-2H3,(H,25,26)(H,27,28);1H. The van der Waals surface area contributed by atoms with Crippen LogP contribution in [0.1, 0.15) is 36.8 Å². The Morgan fingerprint density at radius 3 is 2.34 bits per heavy atom. The zero-order valence-corrected chi connectivity index (χ0v) is 16.6. The quantitative estimate of drug-likeness (QED) is 0.572. The number of nitrogens with zero attached hydrogens (tertiary/aromatic N) is 1. The van der Waals surface area contributed by atoms with Gasteiger partial charge in [-0.25, -0.2) is 4.98 Å². The highest BCUT2D eigenvalue weighted by atomic mass is 35.5. The number of aromatic amines is 1. The molecule has 0 fully saturated rings. The maximum Gasteiger partial charge on any atom is 0.449 e. The number of fused-ring (bicyclic) bond motifs is 1. The topological polar surface area (TPSA) is 83.8 Å². The lowest BCUT2D eigenvalue weighted by molar-refractivity contribution is -0.144. The van der Waals surface area contributed by atoms with Gasteiger partial charge in [0.1, 0.15) is 0 Å². The minimum atomic E-state index is -4.56. The smallest absolute Gasteiger partial charge is 0.345 e. The predicted octanol–water partition coefficient (Wildman–Crippen LogP) is 4.19. The maximum atomic E-state index is 12.9. The molecule has 0 saturated carbocycles. The largest absolute Gasteiger partial charge is 0.449 e. The van der Waals surface area contributed by atoms with Crippen molar-refractivity contribution in [3.63, 3.8) is 0 Å². The van der Waals surface area contributed by atoms with Gasteiger partial charge in [0.15, 0.2) is 0 Å². The van der Waals surface area contributed by atoms with Gasteiger partial charge in [-0.1, -0.05) is 43.3 Å². The van der Waals surface area contributed by atoms with Gasteiger partial charge in [-0.15, -0.1) is 12.4 Å². The van der Waals surface area contributed by atoms with E-state index in [1.54, 1.807) is 26.0 Å². The van der Waals surface area contributed by atoms with E-state index in [9.17, 15) is 18.0 Å². The molecule has 3 rings (SSSR count). The molecular formula is C20H22ClF3N4O. The van der Waals surface area contributed by atoms with E-state index in [-0.39, 0.29) is 35.4 Å². The van der Waals surface area contributed by atoms with Gasteiger partial charge < -0.3 is 16.0 Å². The van der Waals surface area contributed by atoms with Crippen molar-refractivity contribution in [1.82, 2.24) is 15.3 Å². The van der Waals surface area contributed by atoms with E-state index in [1.807, 2.05) is 30.3 Å². The lowest BCUT2D eigenvalue weighted by Crippen LogP contribution is -2.40. The number of hydrogen-bond donors (Lipinski definition) is 3. The van der Waals surface area contributed by atoms with Gasteiger partial charge in [0, 0.05) is 12.0 Å². The summed E-state index contributed by atoms with van der Waals surface area (Å²) < 4.78 is 38.8. The van der Waals surface area contributed by atoms with Crippen LogP contribution in [0.4, 0.5) is 13.2 Å². The molecule has 9 heteroatoms. The molecule has 1 aromatic heterocycles. The van der Waals surface area contributed by atoms with Crippen LogP contribution in [0.2, 0.25) is 0 Å². The molecule has 3 unspecified atom stereocenters. The summed E-state index contributed by atoms with van der Waals surface area (Å²) >= 11 is 0. The van der Waals surface area contributed by atoms with Crippen LogP contribution in [0.25, 0.3) is 11.0 Å². The fourth-order valence-corrected chi connectivity index (χ4v) is 2.86. The summed E-state index contributed by atoms with van der Waals surface area (Å²) in [6.07, 6.45) is -4.56. The zero-order valence-electron chi connectivity index (χ0n) is 15.8. The number of amides is 1. The van der Waals surface area contributed by atoms with E-state index in [0.717, 1.165) is 5.56 Å². The molecular weight excluding hydrogens is 405 g/mol. The third-order valence-electron chi connectivity index (χ3n) is 4.73. The maximum absolute atomic E-state index is 12.9. The van der Waals surface area contributed by atoms with Gasteiger partial charge in [0.25, 0.3) is 0 Å². The average molecular weight is 427 g/mol. The Morgan fingerprint density at radius 1 is 1.10 bits per heavy atom. The van der Waals surface area contributed by atoms with E-state index in [2.05, 4.69) is 15.3 Å². The number of imidazole rings is 1. The summed E-state index contributed by atoms with van der Waals surface area (Å²) in [4.78, 5) is 18.5. The molecule has 0 aliphatic rings. The number of rotatable bonds is 5. The van der Waals surface area contributed by atoms with Crippen molar-refractivity contribution < 1.29 is 18.0 Å². The molecule has 0 aliphatic heterocycles. The van der Waals surface area contributed by atoms with Crippen LogP contribution in [-0.4, -0.2) is 21.9 Å². The second kappa shape index (κ2) is 8.84. The van der Waals surface area contributed by atoms with Crippen molar-refractivity contribution in [3.05, 3.63) is 65.5 Å². The Morgan fingerprint density at radius 2 is 1.76 bits per heavy atom. The second-order valence-corrected chi connectivity index (χ2v) is 6.86. The molecule has 2 aromatic carbocycles. The van der Waals surface area contributed by atoms with E-state index in [0.29, 0.717) is 5.56 Å². The van der Waals surface area contributed by atoms with Crippen molar-refractivity contribution in [1.29, 1.82) is 0 Å². The second-order valence-electron chi connectivity index (χ2n) is 6.86. The highest BCUT2D eigenvalue weighted by Gasteiger charge is 2.34. The SMILES string of the molecule is CC(N)C(C)C(=O)NC(c1ccccc1)c1ccc2nc(C(F)(F)F)[nH]c2c1.Cl. The average Bonchev–Trinajstić information content (AvgIpc) is 3.09. The van der Waals surface area contributed by atoms with E-state index >= 15 is 0 Å². The van der Waals surface area contributed by atoms with Crippen LogP contribution in [0.5, 0.6) is 0 Å². The van der Waals surface area contributed by atoms with Crippen LogP contribution >= 0.6 is 12.4 Å². The number of aromatic nitrogens is 2. The van der Waals surface area contributed by atoms with Crippen LogP contribution in [0.15, 0.2) is 48.5 Å². The van der Waals surface area contributed by atoms with Crippen molar-refractivity contribution in [2.45, 2.75) is 32.1 Å². The lowest BCUT2D eigenvalue weighted by atomic mass is 9.96. The Bertz CT molecular complexity index is 973. The highest BCUT2D eigenvalue weighted by molar-refractivity contribution is 5.85. The third kappa shape index (κ3) is 5.07. The van der Waals surface area contributed by atoms with Gasteiger partial charge in [-0.2, -0.15) is 13.2 Å². The normalized spacial score (nSPS) is 14.7. The molecule has 3 atom stereocenters. The Labute approximate surface area is 172 Å². The number of hydrogen-bond acceptors (Lipinski definition) is 3. The molecule has 1 heterocycles. The molecule has 156 valence electrons. The fourth-order valence-electron chi connectivity index (χ4n) is 2.86. The Hall–Kier alpha value is -2.58. The van der Waals surface area contributed by atoms with Crippen LogP contribution in [0, 0.1) is 5.92 Å². The van der Waals surface area contributed by atoms with E-state index in [1.165, 1.54) is 6.07 Å². The molecule has 0 bridgehead atoms. The molecule has 0 radical (unpaired) electrons. The van der Waals surface area contributed by atoms with Crippen LogP contribution in [0.3, 0.4) is 0 Å². The minimum absolute atomic E-state index is 0. The first-order chi connectivity index (χ1) is 13.2. The molecule has 0 spiro atoms. The monoisotopic (exact) mass is 426 g/mol. The Balaban J connectivity index is 0.00000300. The van der Waals surface area contributed by atoms with E-state index in [4.69, 9.17) is 5.73 Å². The van der Waals surface area contributed by atoms with Crippen molar-refractivity contribution in [2.75, 3.05) is 0 Å². The third-order valence-corrected chi connectivity index (χ3v) is 4.73. The van der Waals surface area contributed by atoms with Crippen molar-refractivity contribution in [3.8, 4) is 0 Å². The Kier molecular flexibility index (Phi) is 6.92. The summed E-state index contributed by atoms with van der Waals surface area (Å²) in [5, 5.41) is 2.96. The van der Waals surface area contributed by atoms with Crippen molar-refractivity contribution in [2.24, 2.45) is 11.7 Å². The first kappa shape index (κ1) is 22.7. The molecule has 3 aromatic rings. The molecule has 29 heavy (non-hydrogen) atoms. The molecule has 1 amide bonds. The van der Waals surface area contributed by atoms with Crippen molar-refractivity contribution >= 4 is 29.3 Å². The van der Waals surface area contributed by atoms with Gasteiger partial charge in [-0.3, -0.25) is 4.79 Å². The van der Waals surface area contributed by atoms with Gasteiger partial charge in [0.05, 0.1) is 17.1 Å². The number of nitrogens with two attached hydrogens (primary N) is 1. The molecule has 4 N–H and O–H groups in total. The summed E-state index contributed by atoms with van der Waals surface area (Å²) in [6, 6.07) is 13.1. The van der Waals surface area contributed by atoms with Gasteiger partial charge in [-0.05, 0) is 30.2 Å². The van der Waals surface area contributed by atoms with E-state index < -0.39 is 24.0 Å². The zero-order chi connectivity index (χ0) is 20.5. The number of H-pyrrole nitrogens is 1. The number of carbonyl (C=O) groups is 1. The van der Waals surface area contributed by atoms with Gasteiger partial charge in [0.2, 0.25) is 11.7 Å². The minimum Gasteiger partial charge on any atom is -0.345 e. The number of carbonyl (C=O) groups excluding carboxylic acids is 1. The number of benzene rings is 2. The van der Waals surface area contributed by atoms with Crippen LogP contribution in [-0.2, 0) is 11.0 Å². The molecule has 0 saturated heterocycles. The molecule has 0 aliphatic carbocycles. The predicted molar refractivity (Wildman–Crippen MR) is 108 cm³/mol. The lowest BCUT2D eigenvalue weighted by Gasteiger charge is -2.23. The van der Waals surface area contributed by atoms with Crippen LogP contribution < -0.4 is 11.1 Å².